The maximum atomic E-state index is 14.1. The van der Waals surface area contributed by atoms with Gasteiger partial charge in [0.1, 0.15) is 6.04 Å². The number of amides is 6. The van der Waals surface area contributed by atoms with Gasteiger partial charge in [-0.1, -0.05) is 64.6 Å². The van der Waals surface area contributed by atoms with Crippen LogP contribution in [0.5, 0.6) is 11.5 Å². The first-order chi connectivity index (χ1) is 28.7. The molecule has 0 saturated carbocycles. The smallest absolute Gasteiger partial charge is 0.317 e. The van der Waals surface area contributed by atoms with E-state index in [1.807, 2.05) is 30.3 Å². The van der Waals surface area contributed by atoms with Crippen LogP contribution in [0.4, 0.5) is 9.59 Å². The molecule has 0 aromatic heterocycles. The number of aryl methyl sites for hydroxylation is 1. The third-order valence-corrected chi connectivity index (χ3v) is 10.6. The first-order valence-corrected chi connectivity index (χ1v) is 20.7. The number of hydrazine groups is 1. The van der Waals surface area contributed by atoms with Crippen molar-refractivity contribution < 1.29 is 44.0 Å². The standard InChI is InChI=1S/C42H65N9O9/c1-29(2)37(46-40(56)43-15-17-49-19-23-59-24-20-49)38(54)48-51(31(5)33-12-14-35(52)36(53)27-33)28-34(13-11-32-9-7-6-8-10-32)45-39(55)42(58,30(3)4)47-41(57)44-16-18-50-21-25-60-26-22-50/h6-10,12,14,27,29-30,34,37,52-53,58H,5,11,13,15-26,28H2,1-4H3,(H,45,55)(H,48,54)(H2,43,46,56)(H2,44,47,57)/t34-,37-,42+/m0/s1. The largest absolute Gasteiger partial charge is 0.504 e. The van der Waals surface area contributed by atoms with Crippen molar-refractivity contribution in [2.45, 2.75) is 58.3 Å². The number of phenolic OH excluding ortho intramolecular Hbond substituents is 2. The fraction of sp³-hybridized carbons (Fsp3) is 0.571. The summed E-state index contributed by atoms with van der Waals surface area (Å²) in [6, 6.07) is 10.6. The second-order valence-electron chi connectivity index (χ2n) is 15.8. The molecule has 18 heteroatoms. The highest BCUT2D eigenvalue weighted by molar-refractivity contribution is 5.90. The summed E-state index contributed by atoms with van der Waals surface area (Å²) in [6.45, 7) is 18.2. The molecule has 2 aliphatic rings. The van der Waals surface area contributed by atoms with Crippen LogP contribution in [0.2, 0.25) is 0 Å². The molecule has 60 heavy (non-hydrogen) atoms. The molecule has 0 radical (unpaired) electrons. The fourth-order valence-electron chi connectivity index (χ4n) is 6.71. The summed E-state index contributed by atoms with van der Waals surface area (Å²) in [5, 5.41) is 47.3. The van der Waals surface area contributed by atoms with Gasteiger partial charge in [0.2, 0.25) is 5.72 Å². The molecule has 4 rings (SSSR count). The number of morpholine rings is 2. The summed E-state index contributed by atoms with van der Waals surface area (Å²) >= 11 is 0. The molecule has 6 amide bonds. The zero-order valence-corrected chi connectivity index (χ0v) is 35.4. The van der Waals surface area contributed by atoms with Gasteiger partial charge in [-0.3, -0.25) is 29.8 Å². The van der Waals surface area contributed by atoms with E-state index in [9.17, 15) is 34.5 Å². The van der Waals surface area contributed by atoms with Crippen LogP contribution in [0.1, 0.15) is 45.2 Å². The highest BCUT2D eigenvalue weighted by atomic mass is 16.5. The van der Waals surface area contributed by atoms with Crippen LogP contribution in [-0.2, 0) is 25.5 Å². The number of aliphatic hydroxyl groups is 1. The highest BCUT2D eigenvalue weighted by Crippen LogP contribution is 2.29. The first-order valence-electron chi connectivity index (χ1n) is 20.7. The number of nitrogens with one attached hydrogen (secondary N) is 6. The number of ether oxygens (including phenoxy) is 2. The lowest BCUT2D eigenvalue weighted by molar-refractivity contribution is -0.148. The maximum Gasteiger partial charge on any atom is 0.317 e. The van der Waals surface area contributed by atoms with Crippen LogP contribution in [0.15, 0.2) is 55.1 Å². The van der Waals surface area contributed by atoms with Gasteiger partial charge in [-0.2, -0.15) is 0 Å². The van der Waals surface area contributed by atoms with Gasteiger partial charge in [-0.15, -0.1) is 0 Å². The quantitative estimate of drug-likeness (QED) is 0.0490. The lowest BCUT2D eigenvalue weighted by Crippen LogP contribution is -2.66. The number of benzene rings is 2. The average Bonchev–Trinajstić information content (AvgIpc) is 3.23. The van der Waals surface area contributed by atoms with E-state index in [1.54, 1.807) is 27.7 Å². The topological polar surface area (TPSA) is 229 Å². The lowest BCUT2D eigenvalue weighted by atomic mass is 9.97. The lowest BCUT2D eigenvalue weighted by Gasteiger charge is -2.36. The number of urea groups is 2. The fourth-order valence-corrected chi connectivity index (χ4v) is 6.71. The number of carbonyl (C=O) groups excluding carboxylic acids is 4. The van der Waals surface area contributed by atoms with Crippen LogP contribution in [-0.4, -0.2) is 157 Å². The van der Waals surface area contributed by atoms with Crippen LogP contribution in [0, 0.1) is 11.8 Å². The molecule has 2 heterocycles. The predicted molar refractivity (Wildman–Crippen MR) is 226 cm³/mol. The minimum atomic E-state index is -2.33. The molecule has 0 bridgehead atoms. The monoisotopic (exact) mass is 839 g/mol. The van der Waals surface area contributed by atoms with E-state index in [2.05, 4.69) is 48.4 Å². The van der Waals surface area contributed by atoms with Crippen molar-refractivity contribution in [3.63, 3.8) is 0 Å². The van der Waals surface area contributed by atoms with Crippen LogP contribution < -0.4 is 32.0 Å². The molecule has 3 atom stereocenters. The Morgan fingerprint density at radius 1 is 0.817 bits per heavy atom. The number of rotatable bonds is 21. The molecule has 0 unspecified atom stereocenters. The predicted octanol–water partition coefficient (Wildman–Crippen LogP) is 1.15. The molecule has 9 N–H and O–H groups in total. The molecular weight excluding hydrogens is 775 g/mol. The molecule has 0 spiro atoms. The molecule has 2 saturated heterocycles. The summed E-state index contributed by atoms with van der Waals surface area (Å²) in [5.41, 5.74) is 2.03. The zero-order chi connectivity index (χ0) is 43.7. The van der Waals surface area contributed by atoms with Crippen molar-refractivity contribution in [1.82, 2.24) is 46.8 Å². The summed E-state index contributed by atoms with van der Waals surface area (Å²) in [5.74, 6) is -3.34. The SMILES string of the molecule is C=C(c1ccc(O)c(O)c1)N(C[C@H](CCc1ccccc1)NC(=O)[C@@](O)(NC(=O)NCCN1CCOCC1)C(C)C)NC(=O)[C@@H](NC(=O)NCCN1CCOCC1)C(C)C. The molecule has 0 aliphatic carbocycles. The Kier molecular flexibility index (Phi) is 18.7. The number of phenols is 2. The molecule has 18 nitrogen and oxygen atoms in total. The van der Waals surface area contributed by atoms with E-state index in [1.165, 1.54) is 23.2 Å². The third-order valence-electron chi connectivity index (χ3n) is 10.6. The second kappa shape index (κ2) is 23.6. The van der Waals surface area contributed by atoms with Crippen LogP contribution in [0.25, 0.3) is 5.70 Å². The highest BCUT2D eigenvalue weighted by Gasteiger charge is 2.42. The van der Waals surface area contributed by atoms with E-state index >= 15 is 0 Å². The van der Waals surface area contributed by atoms with Gasteiger partial charge < -0.3 is 51.4 Å². The number of nitrogens with zero attached hydrogens (tertiary/aromatic N) is 3. The van der Waals surface area contributed by atoms with Crippen molar-refractivity contribution >= 4 is 29.6 Å². The van der Waals surface area contributed by atoms with E-state index in [0.29, 0.717) is 64.5 Å². The summed E-state index contributed by atoms with van der Waals surface area (Å²) in [7, 11) is 0. The molecule has 2 aliphatic heterocycles. The van der Waals surface area contributed by atoms with E-state index in [0.717, 1.165) is 31.7 Å². The minimum Gasteiger partial charge on any atom is -0.504 e. The van der Waals surface area contributed by atoms with Crippen molar-refractivity contribution in [2.24, 2.45) is 11.8 Å². The van der Waals surface area contributed by atoms with Gasteiger partial charge in [0.15, 0.2) is 11.5 Å². The van der Waals surface area contributed by atoms with E-state index < -0.39 is 53.4 Å². The Hall–Kier alpha value is -5.14. The van der Waals surface area contributed by atoms with Gasteiger partial charge in [-0.05, 0) is 42.5 Å². The number of hydrogen-bond donors (Lipinski definition) is 9. The third kappa shape index (κ3) is 14.8. The normalized spacial score (nSPS) is 16.9. The summed E-state index contributed by atoms with van der Waals surface area (Å²) in [6.07, 6.45) is 0.796. The van der Waals surface area contributed by atoms with Crippen LogP contribution in [0.3, 0.4) is 0 Å². The molecule has 2 fully saturated rings. The van der Waals surface area contributed by atoms with Gasteiger partial charge >= 0.3 is 12.1 Å². The van der Waals surface area contributed by atoms with Crippen molar-refractivity contribution in [3.05, 3.63) is 66.2 Å². The van der Waals surface area contributed by atoms with Crippen molar-refractivity contribution in [3.8, 4) is 11.5 Å². The number of aromatic hydroxyl groups is 2. The molecular formula is C42H65N9O9. The second-order valence-corrected chi connectivity index (χ2v) is 15.8. The number of carbonyl (C=O) groups is 4. The first kappa shape index (κ1) is 47.5. The molecule has 2 aromatic rings. The summed E-state index contributed by atoms with van der Waals surface area (Å²) in [4.78, 5) is 58.7. The van der Waals surface area contributed by atoms with Gasteiger partial charge in [-0.25, -0.2) is 9.59 Å². The zero-order valence-electron chi connectivity index (χ0n) is 35.4. The van der Waals surface area contributed by atoms with Crippen molar-refractivity contribution in [2.75, 3.05) is 85.3 Å². The van der Waals surface area contributed by atoms with E-state index in [-0.39, 0.29) is 30.5 Å². The average molecular weight is 840 g/mol. The Morgan fingerprint density at radius 3 is 1.95 bits per heavy atom. The summed E-state index contributed by atoms with van der Waals surface area (Å²) < 4.78 is 10.8. The molecule has 332 valence electrons. The Labute approximate surface area is 353 Å². The Bertz CT molecular complexity index is 1700. The Balaban J connectivity index is 1.54. The van der Waals surface area contributed by atoms with Gasteiger partial charge in [0.05, 0.1) is 38.7 Å². The number of hydrogen-bond acceptors (Lipinski definition) is 12. The van der Waals surface area contributed by atoms with Gasteiger partial charge in [0.25, 0.3) is 11.8 Å². The molecule has 2 aromatic carbocycles. The maximum absolute atomic E-state index is 14.1. The Morgan fingerprint density at radius 2 is 1.40 bits per heavy atom. The van der Waals surface area contributed by atoms with Crippen molar-refractivity contribution in [1.29, 1.82) is 0 Å². The van der Waals surface area contributed by atoms with E-state index in [4.69, 9.17) is 9.47 Å². The van der Waals surface area contributed by atoms with Gasteiger partial charge in [0, 0.05) is 69.9 Å². The van der Waals surface area contributed by atoms with Crippen LogP contribution >= 0.6 is 0 Å². The minimum absolute atomic E-state index is 0.110.